The molecule has 0 saturated heterocycles. The predicted molar refractivity (Wildman–Crippen MR) is 87.0 cm³/mol. The van der Waals surface area contributed by atoms with Crippen molar-refractivity contribution in [2.24, 2.45) is 10.2 Å². The van der Waals surface area contributed by atoms with Gasteiger partial charge in [-0.2, -0.15) is 10.2 Å². The Morgan fingerprint density at radius 2 is 1.05 bits per heavy atom. The van der Waals surface area contributed by atoms with Crippen LogP contribution in [0.2, 0.25) is 0 Å². The van der Waals surface area contributed by atoms with Gasteiger partial charge in [0.1, 0.15) is 0 Å². The molecule has 0 spiro atoms. The zero-order chi connectivity index (χ0) is 14.5. The molecule has 2 rings (SSSR count). The molecule has 0 aliphatic rings. The molecule has 0 unspecified atom stereocenters. The highest BCUT2D eigenvalue weighted by Gasteiger charge is 1.96. The van der Waals surface area contributed by atoms with E-state index in [0.29, 0.717) is 0 Å². The van der Waals surface area contributed by atoms with Gasteiger partial charge in [-0.3, -0.25) is 0 Å². The zero-order valence-corrected chi connectivity index (χ0v) is 12.5. The molecule has 2 nitrogen and oxygen atoms in total. The van der Waals surface area contributed by atoms with Crippen molar-refractivity contribution in [2.45, 2.75) is 27.7 Å². The van der Waals surface area contributed by atoms with E-state index in [9.17, 15) is 0 Å². The van der Waals surface area contributed by atoms with Crippen molar-refractivity contribution >= 4 is 12.4 Å². The highest BCUT2D eigenvalue weighted by atomic mass is 15.2. The van der Waals surface area contributed by atoms with Crippen molar-refractivity contribution in [2.75, 3.05) is 0 Å². The molecular formula is C18H20N2. The molecule has 20 heavy (non-hydrogen) atoms. The van der Waals surface area contributed by atoms with Gasteiger partial charge in [0.25, 0.3) is 0 Å². The van der Waals surface area contributed by atoms with Crippen LogP contribution in [-0.2, 0) is 0 Å². The van der Waals surface area contributed by atoms with Crippen LogP contribution >= 0.6 is 0 Å². The molecule has 0 bridgehead atoms. The molecule has 2 aromatic carbocycles. The molecule has 0 amide bonds. The fourth-order valence-corrected chi connectivity index (χ4v) is 1.99. The van der Waals surface area contributed by atoms with Crippen molar-refractivity contribution in [1.29, 1.82) is 0 Å². The summed E-state index contributed by atoms with van der Waals surface area (Å²) in [7, 11) is 0. The summed E-state index contributed by atoms with van der Waals surface area (Å²) in [6, 6.07) is 12.6. The highest BCUT2D eigenvalue weighted by Crippen LogP contribution is 2.09. The molecule has 0 aliphatic carbocycles. The molecule has 2 heteroatoms. The van der Waals surface area contributed by atoms with E-state index in [1.165, 1.54) is 22.3 Å². The first-order chi connectivity index (χ1) is 9.56. The minimum Gasteiger partial charge on any atom is -0.159 e. The molecule has 0 atom stereocenters. The molecule has 0 saturated carbocycles. The summed E-state index contributed by atoms with van der Waals surface area (Å²) < 4.78 is 0. The minimum atomic E-state index is 1.11. The fraction of sp³-hybridized carbons (Fsp3) is 0.222. The van der Waals surface area contributed by atoms with E-state index in [1.807, 2.05) is 12.4 Å². The van der Waals surface area contributed by atoms with Gasteiger partial charge in [0.2, 0.25) is 0 Å². The largest absolute Gasteiger partial charge is 0.159 e. The summed E-state index contributed by atoms with van der Waals surface area (Å²) in [6.45, 7) is 8.32. The van der Waals surface area contributed by atoms with E-state index >= 15 is 0 Å². The third kappa shape index (κ3) is 3.64. The highest BCUT2D eigenvalue weighted by molar-refractivity contribution is 5.84. The number of hydrogen-bond acceptors (Lipinski definition) is 2. The van der Waals surface area contributed by atoms with Crippen LogP contribution in [0.3, 0.4) is 0 Å². The van der Waals surface area contributed by atoms with Crippen LogP contribution < -0.4 is 0 Å². The lowest BCUT2D eigenvalue weighted by Crippen LogP contribution is -1.89. The first-order valence-corrected chi connectivity index (χ1v) is 6.77. The van der Waals surface area contributed by atoms with E-state index < -0.39 is 0 Å². The lowest BCUT2D eigenvalue weighted by atomic mass is 10.1. The van der Waals surface area contributed by atoms with Gasteiger partial charge in [0.15, 0.2) is 0 Å². The average molecular weight is 264 g/mol. The Morgan fingerprint density at radius 1 is 0.650 bits per heavy atom. The Morgan fingerprint density at radius 3 is 1.45 bits per heavy atom. The van der Waals surface area contributed by atoms with Gasteiger partial charge >= 0.3 is 0 Å². The molecule has 0 N–H and O–H groups in total. The van der Waals surface area contributed by atoms with Gasteiger partial charge in [0, 0.05) is 0 Å². The smallest absolute Gasteiger partial charge is 0.0570 e. The van der Waals surface area contributed by atoms with Gasteiger partial charge in [-0.25, -0.2) is 0 Å². The SMILES string of the molecule is Cc1ccc(C)c(C=N/N=C/c2cc(C)ccc2C)c1. The van der Waals surface area contributed by atoms with Crippen LogP contribution in [0.25, 0.3) is 0 Å². The van der Waals surface area contributed by atoms with Crippen LogP contribution in [0.5, 0.6) is 0 Å². The first kappa shape index (κ1) is 14.2. The summed E-state index contributed by atoms with van der Waals surface area (Å²) in [4.78, 5) is 0. The number of rotatable bonds is 3. The minimum absolute atomic E-state index is 1.11. The summed E-state index contributed by atoms with van der Waals surface area (Å²) in [5, 5.41) is 8.31. The van der Waals surface area contributed by atoms with Crippen LogP contribution in [0.4, 0.5) is 0 Å². The fourth-order valence-electron chi connectivity index (χ4n) is 1.99. The third-order valence-electron chi connectivity index (χ3n) is 3.33. The van der Waals surface area contributed by atoms with Crippen molar-refractivity contribution in [3.63, 3.8) is 0 Å². The van der Waals surface area contributed by atoms with Gasteiger partial charge in [0.05, 0.1) is 12.4 Å². The molecule has 0 fully saturated rings. The summed E-state index contributed by atoms with van der Waals surface area (Å²) in [5.74, 6) is 0. The van der Waals surface area contributed by atoms with E-state index in [0.717, 1.165) is 11.1 Å². The monoisotopic (exact) mass is 264 g/mol. The normalized spacial score (nSPS) is 11.6. The maximum atomic E-state index is 4.15. The average Bonchev–Trinajstić information content (AvgIpc) is 2.42. The van der Waals surface area contributed by atoms with Crippen molar-refractivity contribution in [3.05, 3.63) is 69.8 Å². The van der Waals surface area contributed by atoms with Crippen molar-refractivity contribution < 1.29 is 0 Å². The molecule has 0 heterocycles. The summed E-state index contributed by atoms with van der Waals surface area (Å²) in [5.41, 5.74) is 7.11. The maximum Gasteiger partial charge on any atom is 0.0570 e. The molecule has 0 aromatic heterocycles. The van der Waals surface area contributed by atoms with Crippen LogP contribution in [0.1, 0.15) is 33.4 Å². The first-order valence-electron chi connectivity index (χ1n) is 6.77. The Balaban J connectivity index is 2.15. The zero-order valence-electron chi connectivity index (χ0n) is 12.5. The number of nitrogens with zero attached hydrogens (tertiary/aromatic N) is 2. The molecule has 0 aliphatic heterocycles. The second kappa shape index (κ2) is 6.29. The lowest BCUT2D eigenvalue weighted by molar-refractivity contribution is 1.25. The second-order valence-electron chi connectivity index (χ2n) is 5.21. The second-order valence-corrected chi connectivity index (χ2v) is 5.21. The van der Waals surface area contributed by atoms with Crippen LogP contribution in [-0.4, -0.2) is 12.4 Å². The predicted octanol–water partition coefficient (Wildman–Crippen LogP) is 4.37. The van der Waals surface area contributed by atoms with E-state index in [4.69, 9.17) is 0 Å². The topological polar surface area (TPSA) is 24.7 Å². The maximum absolute atomic E-state index is 4.15. The summed E-state index contributed by atoms with van der Waals surface area (Å²) in [6.07, 6.45) is 3.62. The van der Waals surface area contributed by atoms with Crippen LogP contribution in [0.15, 0.2) is 46.6 Å². The number of aryl methyl sites for hydroxylation is 4. The Labute approximate surface area is 120 Å². The number of benzene rings is 2. The van der Waals surface area contributed by atoms with Gasteiger partial charge < -0.3 is 0 Å². The Hall–Kier alpha value is -2.22. The molecule has 102 valence electrons. The lowest BCUT2D eigenvalue weighted by Gasteiger charge is -2.01. The van der Waals surface area contributed by atoms with Crippen molar-refractivity contribution in [1.82, 2.24) is 0 Å². The van der Waals surface area contributed by atoms with E-state index in [-0.39, 0.29) is 0 Å². The Kier molecular flexibility index (Phi) is 4.46. The van der Waals surface area contributed by atoms with E-state index in [2.05, 4.69) is 74.3 Å². The standard InChI is InChI=1S/C18H20N2/c1-13-5-7-15(3)17(9-13)11-19-20-12-18-10-14(2)6-8-16(18)4/h5-12H,1-4H3/b19-11+,20-12?. The van der Waals surface area contributed by atoms with Crippen LogP contribution in [0, 0.1) is 27.7 Å². The van der Waals surface area contributed by atoms with E-state index in [1.54, 1.807) is 0 Å². The Bertz CT molecular complexity index is 608. The third-order valence-corrected chi connectivity index (χ3v) is 3.33. The van der Waals surface area contributed by atoms with Gasteiger partial charge in [-0.1, -0.05) is 47.5 Å². The van der Waals surface area contributed by atoms with Gasteiger partial charge in [-0.05, 0) is 49.9 Å². The molecular weight excluding hydrogens is 244 g/mol. The molecule has 2 aromatic rings. The van der Waals surface area contributed by atoms with Gasteiger partial charge in [-0.15, -0.1) is 0 Å². The number of hydrogen-bond donors (Lipinski definition) is 0. The molecule has 0 radical (unpaired) electrons. The summed E-state index contributed by atoms with van der Waals surface area (Å²) >= 11 is 0. The quantitative estimate of drug-likeness (QED) is 0.581. The van der Waals surface area contributed by atoms with Crippen molar-refractivity contribution in [3.8, 4) is 0 Å².